The van der Waals surface area contributed by atoms with Gasteiger partial charge in [-0.2, -0.15) is 0 Å². The first-order valence-electron chi connectivity index (χ1n) is 3.23. The van der Waals surface area contributed by atoms with Crippen LogP contribution in [0.3, 0.4) is 0 Å². The van der Waals surface area contributed by atoms with E-state index in [9.17, 15) is 8.78 Å². The van der Waals surface area contributed by atoms with E-state index in [1.807, 2.05) is 0 Å². The molecule has 0 unspecified atom stereocenters. The van der Waals surface area contributed by atoms with Crippen LogP contribution in [-0.2, 0) is 4.79 Å². The molecule has 0 bridgehead atoms. The van der Waals surface area contributed by atoms with Crippen LogP contribution < -0.4 is 0 Å². The van der Waals surface area contributed by atoms with Gasteiger partial charge in [-0.15, -0.1) is 0 Å². The molecule has 0 radical (unpaired) electrons. The number of carbonyl (C=O) groups is 1. The van der Waals surface area contributed by atoms with Crippen molar-refractivity contribution >= 4 is 21.9 Å². The molecule has 1 rings (SSSR count). The summed E-state index contributed by atoms with van der Waals surface area (Å²) in [5, 5.41) is 7.42. The number of benzene rings is 1. The van der Waals surface area contributed by atoms with E-state index in [4.69, 9.17) is 9.90 Å². The van der Waals surface area contributed by atoms with Gasteiger partial charge in [0, 0.05) is 11.4 Å². The van der Waals surface area contributed by atoms with Crippen LogP contribution in [0.15, 0.2) is 22.7 Å². The van der Waals surface area contributed by atoms with Crippen LogP contribution in [0.5, 0.6) is 0 Å². The van der Waals surface area contributed by atoms with Gasteiger partial charge < -0.3 is 5.11 Å². The van der Waals surface area contributed by atoms with E-state index < -0.39 is 17.6 Å². The normalized spacial score (nSPS) is 8.62. The van der Waals surface area contributed by atoms with E-state index in [0.29, 0.717) is 4.47 Å². The van der Waals surface area contributed by atoms with Crippen LogP contribution in [-0.4, -0.2) is 11.1 Å². The van der Waals surface area contributed by atoms with E-state index in [1.54, 1.807) is 0 Å². The standard InChI is InChI=1S/C6H3BrF2.C2H4O2/c7-4-1-2-5(8)6(9)3-4;1-2(3)4/h1-3H;1H3,(H,3,4). The summed E-state index contributed by atoms with van der Waals surface area (Å²) < 4.78 is 24.8. The molecule has 72 valence electrons. The van der Waals surface area contributed by atoms with Gasteiger partial charge in [0.25, 0.3) is 5.97 Å². The maximum absolute atomic E-state index is 12.2. The molecule has 0 saturated carbocycles. The Morgan fingerprint density at radius 1 is 1.38 bits per heavy atom. The van der Waals surface area contributed by atoms with Gasteiger partial charge in [-0.1, -0.05) is 15.9 Å². The van der Waals surface area contributed by atoms with Gasteiger partial charge in [0.05, 0.1) is 0 Å². The lowest BCUT2D eigenvalue weighted by molar-refractivity contribution is -0.134. The van der Waals surface area contributed by atoms with Gasteiger partial charge in [-0.25, -0.2) is 8.78 Å². The highest BCUT2D eigenvalue weighted by Crippen LogP contribution is 2.13. The van der Waals surface area contributed by atoms with Gasteiger partial charge in [0.2, 0.25) is 0 Å². The van der Waals surface area contributed by atoms with Gasteiger partial charge in [-0.05, 0) is 18.2 Å². The third kappa shape index (κ3) is 6.21. The first kappa shape index (κ1) is 12.0. The van der Waals surface area contributed by atoms with Crippen molar-refractivity contribution in [1.29, 1.82) is 0 Å². The molecule has 0 fully saturated rings. The predicted molar refractivity (Wildman–Crippen MR) is 47.4 cm³/mol. The average Bonchev–Trinajstić information content (AvgIpc) is 1.96. The molecule has 1 aromatic rings. The highest BCUT2D eigenvalue weighted by Gasteiger charge is 1.98. The molecule has 13 heavy (non-hydrogen) atoms. The molecule has 1 N–H and O–H groups in total. The van der Waals surface area contributed by atoms with Gasteiger partial charge >= 0.3 is 0 Å². The van der Waals surface area contributed by atoms with E-state index >= 15 is 0 Å². The highest BCUT2D eigenvalue weighted by atomic mass is 79.9. The number of hydrogen-bond donors (Lipinski definition) is 1. The number of rotatable bonds is 0. The Kier molecular flexibility index (Phi) is 5.22. The SMILES string of the molecule is CC(=O)O.Fc1ccc(Br)cc1F. The van der Waals surface area contributed by atoms with Crippen molar-refractivity contribution in [1.82, 2.24) is 0 Å². The topological polar surface area (TPSA) is 37.3 Å². The number of aliphatic carboxylic acids is 1. The van der Waals surface area contributed by atoms with Crippen LogP contribution in [0.2, 0.25) is 0 Å². The minimum absolute atomic E-state index is 0.543. The molecule has 0 atom stereocenters. The Labute approximate surface area is 82.3 Å². The summed E-state index contributed by atoms with van der Waals surface area (Å²) >= 11 is 2.99. The summed E-state index contributed by atoms with van der Waals surface area (Å²) in [5.41, 5.74) is 0. The van der Waals surface area contributed by atoms with Gasteiger partial charge in [0.15, 0.2) is 11.6 Å². The smallest absolute Gasteiger partial charge is 0.300 e. The monoisotopic (exact) mass is 252 g/mol. The fourth-order valence-corrected chi connectivity index (χ4v) is 0.804. The molecule has 2 nitrogen and oxygen atoms in total. The van der Waals surface area contributed by atoms with Crippen molar-refractivity contribution in [2.75, 3.05) is 0 Å². The van der Waals surface area contributed by atoms with E-state index in [-0.39, 0.29) is 0 Å². The first-order chi connectivity index (χ1) is 5.93. The summed E-state index contributed by atoms with van der Waals surface area (Å²) in [6.07, 6.45) is 0. The fourth-order valence-electron chi connectivity index (χ4n) is 0.470. The molecule has 0 saturated heterocycles. The minimum Gasteiger partial charge on any atom is -0.481 e. The Balaban J connectivity index is 0.000000310. The molecule has 0 spiro atoms. The average molecular weight is 253 g/mol. The van der Waals surface area contributed by atoms with Crippen LogP contribution in [0.4, 0.5) is 8.78 Å². The van der Waals surface area contributed by atoms with Crippen molar-refractivity contribution in [3.63, 3.8) is 0 Å². The van der Waals surface area contributed by atoms with E-state index in [1.165, 1.54) is 6.07 Å². The predicted octanol–water partition coefficient (Wildman–Crippen LogP) is 2.82. The number of hydrogen-bond acceptors (Lipinski definition) is 1. The molecule has 1 aromatic carbocycles. The molecule has 0 aromatic heterocycles. The minimum atomic E-state index is -0.833. The highest BCUT2D eigenvalue weighted by molar-refractivity contribution is 9.10. The molecular weight excluding hydrogens is 246 g/mol. The summed E-state index contributed by atoms with van der Waals surface area (Å²) in [6.45, 7) is 1.08. The Morgan fingerprint density at radius 2 is 1.85 bits per heavy atom. The maximum Gasteiger partial charge on any atom is 0.300 e. The number of carboxylic acids is 1. The van der Waals surface area contributed by atoms with Crippen molar-refractivity contribution < 1.29 is 18.7 Å². The molecule has 5 heteroatoms. The molecule has 0 aliphatic carbocycles. The van der Waals surface area contributed by atoms with Crippen LogP contribution >= 0.6 is 15.9 Å². The second-order valence-electron chi connectivity index (χ2n) is 2.08. The molecule has 0 heterocycles. The zero-order valence-corrected chi connectivity index (χ0v) is 8.31. The molecular formula is C8H7BrF2O2. The van der Waals surface area contributed by atoms with E-state index in [2.05, 4.69) is 15.9 Å². The summed E-state index contributed by atoms with van der Waals surface area (Å²) in [4.78, 5) is 9.00. The lowest BCUT2D eigenvalue weighted by atomic mass is 10.3. The van der Waals surface area contributed by atoms with Gasteiger partial charge in [-0.3, -0.25) is 4.79 Å². The van der Waals surface area contributed by atoms with Crippen LogP contribution in [0.1, 0.15) is 6.92 Å². The van der Waals surface area contributed by atoms with E-state index in [0.717, 1.165) is 19.1 Å². The maximum atomic E-state index is 12.2. The second-order valence-corrected chi connectivity index (χ2v) is 2.99. The zero-order valence-electron chi connectivity index (χ0n) is 6.72. The Hall–Kier alpha value is -0.970. The first-order valence-corrected chi connectivity index (χ1v) is 4.03. The third-order valence-corrected chi connectivity index (χ3v) is 1.37. The summed E-state index contributed by atoms with van der Waals surface area (Å²) in [7, 11) is 0. The third-order valence-electron chi connectivity index (χ3n) is 0.882. The molecule has 0 aliphatic heterocycles. The lowest BCUT2D eigenvalue weighted by Crippen LogP contribution is -1.80. The number of halogens is 3. The Bertz CT molecular complexity index is 298. The van der Waals surface area contributed by atoms with Gasteiger partial charge in [0.1, 0.15) is 0 Å². The summed E-state index contributed by atoms with van der Waals surface area (Å²) in [5.74, 6) is -2.48. The zero-order chi connectivity index (χ0) is 10.4. The molecule has 0 aliphatic rings. The summed E-state index contributed by atoms with van der Waals surface area (Å²) in [6, 6.07) is 3.59. The quantitative estimate of drug-likeness (QED) is 0.722. The van der Waals surface area contributed by atoms with Crippen molar-refractivity contribution in [3.8, 4) is 0 Å². The van der Waals surface area contributed by atoms with Crippen LogP contribution in [0.25, 0.3) is 0 Å². The molecule has 0 amide bonds. The largest absolute Gasteiger partial charge is 0.481 e. The van der Waals surface area contributed by atoms with Crippen molar-refractivity contribution in [3.05, 3.63) is 34.3 Å². The number of carboxylic acid groups (broad SMARTS) is 1. The lowest BCUT2D eigenvalue weighted by Gasteiger charge is -1.90. The fraction of sp³-hybridized carbons (Fsp3) is 0.125. The van der Waals surface area contributed by atoms with Crippen molar-refractivity contribution in [2.24, 2.45) is 0 Å². The second kappa shape index (κ2) is 5.64. The Morgan fingerprint density at radius 3 is 2.15 bits per heavy atom. The van der Waals surface area contributed by atoms with Crippen molar-refractivity contribution in [2.45, 2.75) is 6.92 Å². The van der Waals surface area contributed by atoms with Crippen LogP contribution in [0, 0.1) is 11.6 Å².